The van der Waals surface area contributed by atoms with Crippen LogP contribution in [-0.4, -0.2) is 51.9 Å². The van der Waals surface area contributed by atoms with Crippen LogP contribution in [0, 0.1) is 6.92 Å². The summed E-state index contributed by atoms with van der Waals surface area (Å²) in [5.74, 6) is 2.52. The van der Waals surface area contributed by atoms with Crippen molar-refractivity contribution in [1.82, 2.24) is 19.8 Å². The number of aryl methyl sites for hydroxylation is 3. The van der Waals surface area contributed by atoms with Gasteiger partial charge in [0.1, 0.15) is 22.2 Å². The average Bonchev–Trinajstić information content (AvgIpc) is 3.31. The summed E-state index contributed by atoms with van der Waals surface area (Å²) in [7, 11) is 0. The van der Waals surface area contributed by atoms with Gasteiger partial charge in [-0.05, 0) is 50.3 Å². The molecule has 2 N–H and O–H groups in total. The maximum Gasteiger partial charge on any atom is 0.289 e. The van der Waals surface area contributed by atoms with Crippen molar-refractivity contribution in [3.8, 4) is 0 Å². The molecule has 0 unspecified atom stereocenters. The molecule has 0 spiro atoms. The summed E-state index contributed by atoms with van der Waals surface area (Å²) >= 11 is 1.78. The summed E-state index contributed by atoms with van der Waals surface area (Å²) < 4.78 is 5.47. The van der Waals surface area contributed by atoms with Gasteiger partial charge >= 0.3 is 0 Å². The highest BCUT2D eigenvalue weighted by Gasteiger charge is 2.25. The highest BCUT2D eigenvalue weighted by molar-refractivity contribution is 7.19. The molecule has 152 valence electrons. The number of carbonyl (C=O) groups is 1. The van der Waals surface area contributed by atoms with Crippen molar-refractivity contribution in [2.75, 3.05) is 31.9 Å². The van der Waals surface area contributed by atoms with Gasteiger partial charge in [0.2, 0.25) is 0 Å². The lowest BCUT2D eigenvalue weighted by atomic mass is 9.97. The van der Waals surface area contributed by atoms with Crippen LogP contribution in [-0.2, 0) is 19.4 Å². The minimum absolute atomic E-state index is 0.0381. The Bertz CT molecular complexity index is 1060. The summed E-state index contributed by atoms with van der Waals surface area (Å²) in [6.45, 7) is 5.42. The van der Waals surface area contributed by atoms with Crippen LogP contribution >= 0.6 is 11.3 Å². The molecule has 0 radical (unpaired) electrons. The fourth-order valence-corrected chi connectivity index (χ4v) is 5.60. The Balaban J connectivity index is 1.27. The normalized spacial score (nSPS) is 17.6. The van der Waals surface area contributed by atoms with Crippen molar-refractivity contribution in [3.05, 3.63) is 39.9 Å². The van der Waals surface area contributed by atoms with Crippen molar-refractivity contribution in [3.63, 3.8) is 0 Å². The molecule has 0 atom stereocenters. The fourth-order valence-electron chi connectivity index (χ4n) is 4.32. The van der Waals surface area contributed by atoms with E-state index in [0.717, 1.165) is 47.7 Å². The van der Waals surface area contributed by atoms with Gasteiger partial charge in [0.25, 0.3) is 5.91 Å². The quantitative estimate of drug-likeness (QED) is 0.713. The van der Waals surface area contributed by atoms with Crippen molar-refractivity contribution in [1.29, 1.82) is 0 Å². The Kier molecular flexibility index (Phi) is 4.75. The molecule has 8 heteroatoms. The van der Waals surface area contributed by atoms with E-state index in [0.29, 0.717) is 31.2 Å². The zero-order valence-electron chi connectivity index (χ0n) is 16.6. The lowest BCUT2D eigenvalue weighted by Gasteiger charge is -2.33. The van der Waals surface area contributed by atoms with Crippen molar-refractivity contribution < 1.29 is 9.21 Å². The van der Waals surface area contributed by atoms with E-state index in [9.17, 15) is 4.79 Å². The number of aromatic nitrogens is 2. The van der Waals surface area contributed by atoms with E-state index >= 15 is 0 Å². The van der Waals surface area contributed by atoms with Gasteiger partial charge in [-0.15, -0.1) is 11.3 Å². The highest BCUT2D eigenvalue weighted by Crippen LogP contribution is 2.37. The number of nitrogens with two attached hydrogens (primary N) is 1. The maximum atomic E-state index is 12.5. The van der Waals surface area contributed by atoms with E-state index in [1.165, 1.54) is 23.3 Å². The first-order valence-electron chi connectivity index (χ1n) is 10.2. The number of carbonyl (C=O) groups excluding carboxylic acids is 1. The third-order valence-electron chi connectivity index (χ3n) is 5.86. The molecule has 3 aromatic rings. The molecule has 1 aliphatic carbocycles. The summed E-state index contributed by atoms with van der Waals surface area (Å²) in [4.78, 5) is 28.6. The molecule has 1 amide bonds. The maximum absolute atomic E-state index is 12.5. The second-order valence-corrected chi connectivity index (χ2v) is 8.98. The summed E-state index contributed by atoms with van der Waals surface area (Å²) in [6.07, 6.45) is 4.70. The minimum atomic E-state index is -0.0381. The number of piperazine rings is 1. The fraction of sp³-hybridized carbons (Fsp3) is 0.476. The zero-order valence-corrected chi connectivity index (χ0v) is 17.4. The van der Waals surface area contributed by atoms with Gasteiger partial charge in [0, 0.05) is 31.1 Å². The number of nitrogens with zero attached hydrogens (tertiary/aromatic N) is 4. The van der Waals surface area contributed by atoms with E-state index in [4.69, 9.17) is 15.1 Å². The molecule has 5 rings (SSSR count). The van der Waals surface area contributed by atoms with E-state index in [1.807, 2.05) is 17.9 Å². The first-order valence-corrected chi connectivity index (χ1v) is 11.0. The van der Waals surface area contributed by atoms with Crippen molar-refractivity contribution in [2.45, 2.75) is 39.2 Å². The van der Waals surface area contributed by atoms with Crippen LogP contribution in [0.2, 0.25) is 0 Å². The predicted molar refractivity (Wildman–Crippen MR) is 113 cm³/mol. The summed E-state index contributed by atoms with van der Waals surface area (Å²) in [5, 5.41) is 1.08. The average molecular weight is 412 g/mol. The topological polar surface area (TPSA) is 88.5 Å². The molecule has 0 saturated carbocycles. The molecule has 1 saturated heterocycles. The van der Waals surface area contributed by atoms with E-state index in [1.54, 1.807) is 17.4 Å². The van der Waals surface area contributed by atoms with Gasteiger partial charge in [0.15, 0.2) is 5.76 Å². The van der Waals surface area contributed by atoms with Crippen LogP contribution in [0.15, 0.2) is 16.5 Å². The SMILES string of the molecule is Cc1ccc(C(=O)N2CCN(Cc3nc(N)c4c5c(sc4n3)CCCC5)CC2)o1. The lowest BCUT2D eigenvalue weighted by molar-refractivity contribution is 0.0594. The first-order chi connectivity index (χ1) is 14.1. The van der Waals surface area contributed by atoms with Gasteiger partial charge in [-0.25, -0.2) is 9.97 Å². The van der Waals surface area contributed by atoms with Crippen molar-refractivity contribution >= 4 is 33.3 Å². The van der Waals surface area contributed by atoms with E-state index in [2.05, 4.69) is 9.88 Å². The second-order valence-electron chi connectivity index (χ2n) is 7.89. The minimum Gasteiger partial charge on any atom is -0.456 e. The molecule has 0 aromatic carbocycles. The van der Waals surface area contributed by atoms with Crippen LogP contribution in [0.1, 0.15) is 45.4 Å². The van der Waals surface area contributed by atoms with Crippen LogP contribution in [0.4, 0.5) is 5.82 Å². The molecule has 4 heterocycles. The lowest BCUT2D eigenvalue weighted by Crippen LogP contribution is -2.48. The zero-order chi connectivity index (χ0) is 20.0. The Morgan fingerprint density at radius 1 is 1.17 bits per heavy atom. The number of anilines is 1. The predicted octanol–water partition coefficient (Wildman–Crippen LogP) is 3.01. The molecular formula is C21H25N5O2S. The van der Waals surface area contributed by atoms with Gasteiger partial charge in [-0.2, -0.15) is 0 Å². The number of thiophene rings is 1. The van der Waals surface area contributed by atoms with Crippen LogP contribution < -0.4 is 5.73 Å². The molecule has 29 heavy (non-hydrogen) atoms. The number of fused-ring (bicyclic) bond motifs is 3. The van der Waals surface area contributed by atoms with Crippen molar-refractivity contribution in [2.24, 2.45) is 0 Å². The Morgan fingerprint density at radius 3 is 2.72 bits per heavy atom. The molecule has 1 fully saturated rings. The third kappa shape index (κ3) is 3.51. The molecule has 2 aliphatic rings. The standard InChI is InChI=1S/C21H25N5O2S/c1-13-6-7-15(28-13)21(27)26-10-8-25(9-11-26)12-17-23-19(22)18-14-4-2-3-5-16(14)29-20(18)24-17/h6-7H,2-5,8-12H2,1H3,(H2,22,23,24). The number of amides is 1. The van der Waals surface area contributed by atoms with E-state index in [-0.39, 0.29) is 5.91 Å². The van der Waals surface area contributed by atoms with Crippen LogP contribution in [0.5, 0.6) is 0 Å². The van der Waals surface area contributed by atoms with Gasteiger partial charge in [-0.1, -0.05) is 0 Å². The highest BCUT2D eigenvalue weighted by atomic mass is 32.1. The molecule has 0 bridgehead atoms. The Hall–Kier alpha value is -2.45. The molecule has 7 nitrogen and oxygen atoms in total. The first kappa shape index (κ1) is 18.6. The second kappa shape index (κ2) is 7.42. The largest absolute Gasteiger partial charge is 0.456 e. The molecule has 1 aliphatic heterocycles. The Labute approximate surface area is 173 Å². The Morgan fingerprint density at radius 2 is 1.97 bits per heavy atom. The monoisotopic (exact) mass is 411 g/mol. The number of furan rings is 1. The van der Waals surface area contributed by atoms with Crippen LogP contribution in [0.3, 0.4) is 0 Å². The number of hydrogen-bond acceptors (Lipinski definition) is 7. The smallest absolute Gasteiger partial charge is 0.289 e. The van der Waals surface area contributed by atoms with Gasteiger partial charge in [-0.3, -0.25) is 9.69 Å². The number of rotatable bonds is 3. The number of hydrogen-bond donors (Lipinski definition) is 1. The van der Waals surface area contributed by atoms with Gasteiger partial charge in [0.05, 0.1) is 11.9 Å². The summed E-state index contributed by atoms with van der Waals surface area (Å²) in [6, 6.07) is 3.57. The number of nitrogen functional groups attached to an aromatic ring is 1. The van der Waals surface area contributed by atoms with E-state index < -0.39 is 0 Å². The molecular weight excluding hydrogens is 386 g/mol. The van der Waals surface area contributed by atoms with Gasteiger partial charge < -0.3 is 15.1 Å². The third-order valence-corrected chi connectivity index (χ3v) is 7.05. The van der Waals surface area contributed by atoms with Crippen LogP contribution in [0.25, 0.3) is 10.2 Å². The summed E-state index contributed by atoms with van der Waals surface area (Å²) in [5.41, 5.74) is 7.71. The molecule has 3 aromatic heterocycles.